The number of nitro groups is 1. The van der Waals surface area contributed by atoms with E-state index in [-0.39, 0.29) is 16.5 Å². The van der Waals surface area contributed by atoms with Crippen LogP contribution in [0.25, 0.3) is 0 Å². The van der Waals surface area contributed by atoms with Crippen molar-refractivity contribution in [1.29, 1.82) is 0 Å². The maximum atomic E-state index is 12.9. The van der Waals surface area contributed by atoms with Gasteiger partial charge in [-0.05, 0) is 43.7 Å². The van der Waals surface area contributed by atoms with E-state index in [4.69, 9.17) is 0 Å². The van der Waals surface area contributed by atoms with E-state index in [2.05, 4.69) is 0 Å². The van der Waals surface area contributed by atoms with Gasteiger partial charge in [-0.25, -0.2) is 8.42 Å². The van der Waals surface area contributed by atoms with Gasteiger partial charge in [0.1, 0.15) is 5.69 Å². The third kappa shape index (κ3) is 3.84. The molecule has 0 aliphatic carbocycles. The summed E-state index contributed by atoms with van der Waals surface area (Å²) in [6, 6.07) is 4.10. The second-order valence-electron chi connectivity index (χ2n) is 7.26. The lowest BCUT2D eigenvalue weighted by Gasteiger charge is -2.32. The van der Waals surface area contributed by atoms with Crippen LogP contribution < -0.4 is 4.90 Å². The zero-order chi connectivity index (χ0) is 18.9. The first-order valence-corrected chi connectivity index (χ1v) is 10.4. The molecule has 26 heavy (non-hydrogen) atoms. The van der Waals surface area contributed by atoms with Crippen molar-refractivity contribution in [2.45, 2.75) is 43.6 Å². The number of hydrogen-bond acceptors (Lipinski definition) is 6. The average molecular weight is 383 g/mol. The molecular weight excluding hydrogens is 358 g/mol. The number of β-amino-alcohol motifs (C(OH)–C–C–N with tert-alkyl or cyclic N) is 1. The fourth-order valence-corrected chi connectivity index (χ4v) is 5.38. The predicted octanol–water partition coefficient (Wildman–Crippen LogP) is 1.98. The Hall–Kier alpha value is -1.71. The van der Waals surface area contributed by atoms with E-state index in [9.17, 15) is 23.6 Å². The Bertz CT molecular complexity index is 783. The van der Waals surface area contributed by atoms with E-state index in [1.807, 2.05) is 6.92 Å². The molecule has 0 radical (unpaired) electrons. The van der Waals surface area contributed by atoms with Crippen molar-refractivity contribution in [3.8, 4) is 0 Å². The van der Waals surface area contributed by atoms with Gasteiger partial charge in [-0.1, -0.05) is 6.92 Å². The molecule has 2 fully saturated rings. The minimum atomic E-state index is -3.75. The molecule has 144 valence electrons. The first-order valence-electron chi connectivity index (χ1n) is 9.00. The number of nitro benzene ring substituents is 1. The van der Waals surface area contributed by atoms with Gasteiger partial charge in [0.2, 0.25) is 10.0 Å². The SMILES string of the molecule is C[C@@H]1CCCN(S(=O)(=O)c2ccc(N3CCC[C@H](O)C3)c([N+](=O)[O-])c2)C1. The molecule has 0 spiro atoms. The van der Waals surface area contributed by atoms with Gasteiger partial charge in [0, 0.05) is 32.2 Å². The minimum Gasteiger partial charge on any atom is -0.391 e. The summed E-state index contributed by atoms with van der Waals surface area (Å²) in [7, 11) is -3.75. The fourth-order valence-electron chi connectivity index (χ4n) is 3.76. The van der Waals surface area contributed by atoms with Gasteiger partial charge in [-0.3, -0.25) is 10.1 Å². The smallest absolute Gasteiger partial charge is 0.293 e. The maximum Gasteiger partial charge on any atom is 0.293 e. The van der Waals surface area contributed by atoms with Crippen molar-refractivity contribution in [2.75, 3.05) is 31.1 Å². The average Bonchev–Trinajstić information content (AvgIpc) is 2.61. The minimum absolute atomic E-state index is 0.0420. The van der Waals surface area contributed by atoms with E-state index < -0.39 is 21.1 Å². The fraction of sp³-hybridized carbons (Fsp3) is 0.647. The third-order valence-corrected chi connectivity index (χ3v) is 7.00. The summed E-state index contributed by atoms with van der Waals surface area (Å²) in [6.07, 6.45) is 2.67. The van der Waals surface area contributed by atoms with Gasteiger partial charge in [-0.15, -0.1) is 0 Å². The second kappa shape index (κ2) is 7.50. The lowest BCUT2D eigenvalue weighted by atomic mass is 10.0. The largest absolute Gasteiger partial charge is 0.391 e. The number of aliphatic hydroxyl groups excluding tert-OH is 1. The maximum absolute atomic E-state index is 12.9. The summed E-state index contributed by atoms with van der Waals surface area (Å²) in [5, 5.41) is 21.4. The van der Waals surface area contributed by atoms with Crippen LogP contribution in [0.2, 0.25) is 0 Å². The van der Waals surface area contributed by atoms with Crippen molar-refractivity contribution < 1.29 is 18.4 Å². The van der Waals surface area contributed by atoms with Crippen LogP contribution in [0.1, 0.15) is 32.6 Å². The standard InChI is InChI=1S/C17H25N3O5S/c1-13-4-2-9-19(11-13)26(24,25)15-6-7-16(17(10-15)20(22)23)18-8-3-5-14(21)12-18/h6-7,10,13-14,21H,2-5,8-9,11-12H2,1H3/t13-,14+/m1/s1. The topological polar surface area (TPSA) is 104 Å². The molecule has 2 atom stereocenters. The summed E-state index contributed by atoms with van der Waals surface area (Å²) >= 11 is 0. The molecule has 0 bridgehead atoms. The van der Waals surface area contributed by atoms with Crippen molar-refractivity contribution in [1.82, 2.24) is 4.31 Å². The molecule has 2 aliphatic heterocycles. The molecule has 1 aromatic rings. The van der Waals surface area contributed by atoms with Gasteiger partial charge >= 0.3 is 0 Å². The van der Waals surface area contributed by atoms with Gasteiger partial charge < -0.3 is 10.0 Å². The molecular formula is C17H25N3O5S. The first-order chi connectivity index (χ1) is 12.3. The van der Waals surface area contributed by atoms with Gasteiger partial charge in [0.25, 0.3) is 5.69 Å². The Morgan fingerprint density at radius 1 is 1.19 bits per heavy atom. The zero-order valence-corrected chi connectivity index (χ0v) is 15.7. The predicted molar refractivity (Wildman–Crippen MR) is 97.7 cm³/mol. The third-order valence-electron chi connectivity index (χ3n) is 5.14. The molecule has 1 N–H and O–H groups in total. The van der Waals surface area contributed by atoms with Crippen LogP contribution in [0.4, 0.5) is 11.4 Å². The number of benzene rings is 1. The molecule has 0 saturated carbocycles. The van der Waals surface area contributed by atoms with Gasteiger partial charge in [0.05, 0.1) is 15.9 Å². The normalized spacial score (nSPS) is 25.2. The molecule has 2 saturated heterocycles. The van der Waals surface area contributed by atoms with Crippen molar-refractivity contribution in [2.24, 2.45) is 5.92 Å². The van der Waals surface area contributed by atoms with Crippen LogP contribution in [-0.4, -0.2) is 55.0 Å². The molecule has 8 nitrogen and oxygen atoms in total. The summed E-state index contributed by atoms with van der Waals surface area (Å²) in [6.45, 7) is 3.82. The highest BCUT2D eigenvalue weighted by Crippen LogP contribution is 2.34. The highest BCUT2D eigenvalue weighted by molar-refractivity contribution is 7.89. The van der Waals surface area contributed by atoms with Gasteiger partial charge in [0.15, 0.2) is 0 Å². The van der Waals surface area contributed by atoms with E-state index in [1.54, 1.807) is 4.90 Å². The highest BCUT2D eigenvalue weighted by atomic mass is 32.2. The van der Waals surface area contributed by atoms with Crippen LogP contribution >= 0.6 is 0 Å². The molecule has 0 aromatic heterocycles. The summed E-state index contributed by atoms with van der Waals surface area (Å²) in [4.78, 5) is 12.7. The molecule has 2 heterocycles. The van der Waals surface area contributed by atoms with Crippen LogP contribution in [0.15, 0.2) is 23.1 Å². The molecule has 2 aliphatic rings. The summed E-state index contributed by atoms with van der Waals surface area (Å²) < 4.78 is 27.2. The Labute approximate surface area is 153 Å². The molecule has 1 aromatic carbocycles. The Morgan fingerprint density at radius 2 is 1.92 bits per heavy atom. The highest BCUT2D eigenvalue weighted by Gasteiger charge is 2.32. The van der Waals surface area contributed by atoms with Crippen molar-refractivity contribution in [3.63, 3.8) is 0 Å². The number of piperidine rings is 2. The zero-order valence-electron chi connectivity index (χ0n) is 14.9. The van der Waals surface area contributed by atoms with E-state index in [0.717, 1.165) is 25.3 Å². The van der Waals surface area contributed by atoms with Crippen LogP contribution in [0.3, 0.4) is 0 Å². The summed E-state index contributed by atoms with van der Waals surface area (Å²) in [5.74, 6) is 0.280. The number of sulfonamides is 1. The van der Waals surface area contributed by atoms with Crippen LogP contribution in [0.5, 0.6) is 0 Å². The van der Waals surface area contributed by atoms with Crippen molar-refractivity contribution in [3.05, 3.63) is 28.3 Å². The van der Waals surface area contributed by atoms with E-state index in [0.29, 0.717) is 38.3 Å². The monoisotopic (exact) mass is 383 g/mol. The lowest BCUT2D eigenvalue weighted by molar-refractivity contribution is -0.384. The lowest BCUT2D eigenvalue weighted by Crippen LogP contribution is -2.39. The summed E-state index contributed by atoms with van der Waals surface area (Å²) in [5.41, 5.74) is 0.130. The number of anilines is 1. The molecule has 0 unspecified atom stereocenters. The number of aliphatic hydroxyl groups is 1. The van der Waals surface area contributed by atoms with E-state index >= 15 is 0 Å². The molecule has 0 amide bonds. The van der Waals surface area contributed by atoms with E-state index in [1.165, 1.54) is 16.4 Å². The Morgan fingerprint density at radius 3 is 2.58 bits per heavy atom. The Kier molecular flexibility index (Phi) is 5.50. The van der Waals surface area contributed by atoms with Gasteiger partial charge in [-0.2, -0.15) is 4.31 Å². The number of hydrogen-bond donors (Lipinski definition) is 1. The molecule has 3 rings (SSSR count). The van der Waals surface area contributed by atoms with Crippen LogP contribution in [0, 0.1) is 16.0 Å². The number of nitrogens with zero attached hydrogens (tertiary/aromatic N) is 3. The van der Waals surface area contributed by atoms with Crippen LogP contribution in [-0.2, 0) is 10.0 Å². The van der Waals surface area contributed by atoms with Crippen molar-refractivity contribution >= 4 is 21.4 Å². The quantitative estimate of drug-likeness (QED) is 0.630. The second-order valence-corrected chi connectivity index (χ2v) is 9.20. The molecule has 9 heteroatoms. The first kappa shape index (κ1) is 19.1. The number of rotatable bonds is 4. The Balaban J connectivity index is 1.94.